The molecule has 1 amide bonds. The van der Waals surface area contributed by atoms with Gasteiger partial charge in [-0.3, -0.25) is 4.79 Å². The van der Waals surface area contributed by atoms with Gasteiger partial charge in [0.05, 0.1) is 11.3 Å². The van der Waals surface area contributed by atoms with Crippen molar-refractivity contribution in [2.45, 2.75) is 6.54 Å². The van der Waals surface area contributed by atoms with Crippen molar-refractivity contribution in [1.29, 1.82) is 0 Å². The molecule has 0 saturated carbocycles. The summed E-state index contributed by atoms with van der Waals surface area (Å²) in [7, 11) is 1.54. The molecule has 20 heavy (non-hydrogen) atoms. The fourth-order valence-corrected chi connectivity index (χ4v) is 1.89. The van der Waals surface area contributed by atoms with E-state index < -0.39 is 5.91 Å². The van der Waals surface area contributed by atoms with Crippen LogP contribution >= 0.6 is 0 Å². The van der Waals surface area contributed by atoms with Gasteiger partial charge in [0, 0.05) is 19.2 Å². The summed E-state index contributed by atoms with van der Waals surface area (Å²) in [5.41, 5.74) is 6.20. The normalized spacial score (nSPS) is 10.3. The van der Waals surface area contributed by atoms with Crippen molar-refractivity contribution < 1.29 is 14.3 Å². The van der Waals surface area contributed by atoms with Crippen LogP contribution in [0.5, 0.6) is 5.75 Å². The van der Waals surface area contributed by atoms with Crippen molar-refractivity contribution in [3.05, 3.63) is 59.4 Å². The van der Waals surface area contributed by atoms with Gasteiger partial charge in [0.1, 0.15) is 5.82 Å². The molecule has 0 radical (unpaired) electrons. The molecule has 2 aromatic carbocycles. The van der Waals surface area contributed by atoms with Crippen LogP contribution in [0.25, 0.3) is 0 Å². The van der Waals surface area contributed by atoms with E-state index in [2.05, 4.69) is 0 Å². The van der Waals surface area contributed by atoms with Gasteiger partial charge in [0.15, 0.2) is 5.75 Å². The number of hydrogen-bond acceptors (Lipinski definition) is 3. The molecule has 3 N–H and O–H groups in total. The Balaban J connectivity index is 2.21. The Morgan fingerprint density at radius 2 is 1.95 bits per heavy atom. The number of carbonyl (C=O) groups is 1. The summed E-state index contributed by atoms with van der Waals surface area (Å²) in [4.78, 5) is 13.5. The minimum absolute atomic E-state index is 0.101. The van der Waals surface area contributed by atoms with Gasteiger partial charge in [-0.05, 0) is 18.2 Å². The van der Waals surface area contributed by atoms with Gasteiger partial charge in [-0.2, -0.15) is 0 Å². The lowest BCUT2D eigenvalue weighted by atomic mass is 10.1. The van der Waals surface area contributed by atoms with Gasteiger partial charge in [-0.15, -0.1) is 0 Å². The molecule has 0 bridgehead atoms. The topological polar surface area (TPSA) is 66.6 Å². The summed E-state index contributed by atoms with van der Waals surface area (Å²) in [5, 5.41) is 9.79. The average Bonchev–Trinajstić information content (AvgIpc) is 2.43. The molecule has 104 valence electrons. The van der Waals surface area contributed by atoms with Crippen LogP contribution in [0.3, 0.4) is 0 Å². The monoisotopic (exact) mass is 274 g/mol. The second-order valence-electron chi connectivity index (χ2n) is 4.50. The minimum Gasteiger partial charge on any atom is -0.505 e. The number of amides is 1. The second-order valence-corrected chi connectivity index (χ2v) is 4.50. The molecule has 4 nitrogen and oxygen atoms in total. The highest BCUT2D eigenvalue weighted by Crippen LogP contribution is 2.25. The Labute approximate surface area is 116 Å². The number of aromatic hydroxyl groups is 1. The van der Waals surface area contributed by atoms with Crippen LogP contribution in [-0.2, 0) is 6.54 Å². The first kappa shape index (κ1) is 13.9. The lowest BCUT2D eigenvalue weighted by Crippen LogP contribution is -2.26. The van der Waals surface area contributed by atoms with Gasteiger partial charge in [0.2, 0.25) is 0 Å². The smallest absolute Gasteiger partial charge is 0.257 e. The fraction of sp³-hybridized carbons (Fsp3) is 0.133. The molecule has 0 aliphatic heterocycles. The van der Waals surface area contributed by atoms with Crippen LogP contribution in [0.2, 0.25) is 0 Å². The van der Waals surface area contributed by atoms with E-state index in [1.54, 1.807) is 24.3 Å². The summed E-state index contributed by atoms with van der Waals surface area (Å²) in [6, 6.07) is 10.8. The lowest BCUT2D eigenvalue weighted by Gasteiger charge is -2.18. The third-order valence-corrected chi connectivity index (χ3v) is 3.01. The molecule has 0 aromatic heterocycles. The van der Waals surface area contributed by atoms with E-state index in [0.29, 0.717) is 5.56 Å². The first-order valence-electron chi connectivity index (χ1n) is 6.07. The molecular weight excluding hydrogens is 259 g/mol. The highest BCUT2D eigenvalue weighted by atomic mass is 19.1. The summed E-state index contributed by atoms with van der Waals surface area (Å²) < 4.78 is 13.6. The van der Waals surface area contributed by atoms with E-state index in [1.165, 1.54) is 30.1 Å². The zero-order chi connectivity index (χ0) is 14.7. The first-order chi connectivity index (χ1) is 9.50. The maximum atomic E-state index is 13.6. The van der Waals surface area contributed by atoms with Crippen molar-refractivity contribution >= 4 is 11.6 Å². The molecule has 0 aliphatic rings. The highest BCUT2D eigenvalue weighted by Gasteiger charge is 2.18. The number of rotatable bonds is 3. The molecule has 2 rings (SSSR count). The Morgan fingerprint density at radius 3 is 2.65 bits per heavy atom. The maximum Gasteiger partial charge on any atom is 0.257 e. The van der Waals surface area contributed by atoms with Gasteiger partial charge in [-0.25, -0.2) is 4.39 Å². The fourth-order valence-electron chi connectivity index (χ4n) is 1.89. The number of nitrogens with zero attached hydrogens (tertiary/aromatic N) is 1. The number of carbonyl (C=O) groups excluding carboxylic acids is 1. The van der Waals surface area contributed by atoms with Gasteiger partial charge in [0.25, 0.3) is 5.91 Å². The SMILES string of the molecule is CN(Cc1ccccc1F)C(=O)c1cccc(N)c1O. The Hall–Kier alpha value is -2.56. The van der Waals surface area contributed by atoms with Crippen LogP contribution in [0.15, 0.2) is 42.5 Å². The first-order valence-corrected chi connectivity index (χ1v) is 6.07. The third-order valence-electron chi connectivity index (χ3n) is 3.01. The van der Waals surface area contributed by atoms with E-state index in [9.17, 15) is 14.3 Å². The number of nitrogen functional groups attached to an aromatic ring is 1. The zero-order valence-electron chi connectivity index (χ0n) is 11.0. The predicted octanol–water partition coefficient (Wildman–Crippen LogP) is 2.39. The number of phenols is 1. The van der Waals surface area contributed by atoms with Crippen LogP contribution < -0.4 is 5.73 Å². The summed E-state index contributed by atoms with van der Waals surface area (Å²) in [5.74, 6) is -1.04. The van der Waals surface area contributed by atoms with Crippen molar-refractivity contribution in [3.63, 3.8) is 0 Å². The van der Waals surface area contributed by atoms with Gasteiger partial charge < -0.3 is 15.7 Å². The number of halogens is 1. The van der Waals surface area contributed by atoms with Crippen LogP contribution in [-0.4, -0.2) is 23.0 Å². The van der Waals surface area contributed by atoms with Crippen molar-refractivity contribution in [1.82, 2.24) is 4.90 Å². The number of anilines is 1. The Bertz CT molecular complexity index is 644. The standard InChI is InChI=1S/C15H15FN2O2/c1-18(9-10-5-2-3-7-12(10)16)15(20)11-6-4-8-13(17)14(11)19/h2-8,19H,9,17H2,1H3. The molecule has 5 heteroatoms. The number of para-hydroxylation sites is 1. The highest BCUT2D eigenvalue weighted by molar-refractivity contribution is 5.98. The van der Waals surface area contributed by atoms with Gasteiger partial charge >= 0.3 is 0 Å². The number of nitrogens with two attached hydrogens (primary N) is 1. The molecular formula is C15H15FN2O2. The van der Waals surface area contributed by atoms with E-state index in [-0.39, 0.29) is 29.4 Å². The zero-order valence-corrected chi connectivity index (χ0v) is 11.0. The molecule has 0 spiro atoms. The summed E-state index contributed by atoms with van der Waals surface area (Å²) >= 11 is 0. The third kappa shape index (κ3) is 2.71. The van der Waals surface area contributed by atoms with Crippen molar-refractivity contribution in [2.24, 2.45) is 0 Å². The van der Waals surface area contributed by atoms with Crippen molar-refractivity contribution in [2.75, 3.05) is 12.8 Å². The van der Waals surface area contributed by atoms with E-state index >= 15 is 0 Å². The molecule has 0 unspecified atom stereocenters. The van der Waals surface area contributed by atoms with Crippen LogP contribution in [0.4, 0.5) is 10.1 Å². The lowest BCUT2D eigenvalue weighted by molar-refractivity contribution is 0.0781. The van der Waals surface area contributed by atoms with E-state index in [1.807, 2.05) is 0 Å². The van der Waals surface area contributed by atoms with Crippen molar-refractivity contribution in [3.8, 4) is 5.75 Å². The maximum absolute atomic E-state index is 13.6. The largest absolute Gasteiger partial charge is 0.505 e. The molecule has 0 aliphatic carbocycles. The molecule has 0 saturated heterocycles. The minimum atomic E-state index is -0.418. The summed E-state index contributed by atoms with van der Waals surface area (Å²) in [6.45, 7) is 0.111. The molecule has 2 aromatic rings. The van der Waals surface area contributed by atoms with E-state index in [0.717, 1.165) is 0 Å². The molecule has 0 atom stereocenters. The number of phenolic OH excluding ortho intramolecular Hbond substituents is 1. The number of benzene rings is 2. The average molecular weight is 274 g/mol. The summed E-state index contributed by atoms with van der Waals surface area (Å²) in [6.07, 6.45) is 0. The predicted molar refractivity (Wildman–Crippen MR) is 74.7 cm³/mol. The van der Waals surface area contributed by atoms with E-state index in [4.69, 9.17) is 5.73 Å². The van der Waals surface area contributed by atoms with Crippen LogP contribution in [0.1, 0.15) is 15.9 Å². The molecule has 0 heterocycles. The quantitative estimate of drug-likeness (QED) is 0.667. The number of hydrogen-bond donors (Lipinski definition) is 2. The Morgan fingerprint density at radius 1 is 1.25 bits per heavy atom. The second kappa shape index (κ2) is 5.61. The molecule has 0 fully saturated rings. The van der Waals surface area contributed by atoms with Gasteiger partial charge in [-0.1, -0.05) is 24.3 Å². The van der Waals surface area contributed by atoms with Crippen LogP contribution in [0, 0.1) is 5.82 Å². The Kier molecular flexibility index (Phi) is 3.89.